The smallest absolute Gasteiger partial charge is 0.276 e. The molecule has 26 heavy (non-hydrogen) atoms. The summed E-state index contributed by atoms with van der Waals surface area (Å²) in [6.45, 7) is 4.64. The van der Waals surface area contributed by atoms with Gasteiger partial charge < -0.3 is 10.1 Å². The molecule has 0 aliphatic carbocycles. The fourth-order valence-corrected chi connectivity index (χ4v) is 2.51. The van der Waals surface area contributed by atoms with Gasteiger partial charge in [-0.2, -0.15) is 10.2 Å². The second-order valence-corrected chi connectivity index (χ2v) is 5.91. The van der Waals surface area contributed by atoms with Crippen molar-refractivity contribution in [3.63, 3.8) is 0 Å². The number of amides is 1. The minimum atomic E-state index is -0.515. The molecule has 1 aromatic carbocycles. The van der Waals surface area contributed by atoms with Gasteiger partial charge in [0.15, 0.2) is 12.4 Å². The van der Waals surface area contributed by atoms with Crippen molar-refractivity contribution in [2.75, 3.05) is 5.32 Å². The van der Waals surface area contributed by atoms with Crippen LogP contribution in [0.25, 0.3) is 0 Å². The molecule has 0 saturated carbocycles. The molecule has 9 heteroatoms. The molecule has 0 unspecified atom stereocenters. The van der Waals surface area contributed by atoms with Crippen LogP contribution in [0.3, 0.4) is 0 Å². The van der Waals surface area contributed by atoms with Gasteiger partial charge in [-0.25, -0.2) is 9.07 Å². The van der Waals surface area contributed by atoms with Gasteiger partial charge in [0, 0.05) is 18.8 Å². The quantitative estimate of drug-likeness (QED) is 0.713. The molecule has 7 nitrogen and oxygen atoms in total. The Morgan fingerprint density at radius 3 is 2.88 bits per heavy atom. The number of aromatic nitrogens is 4. The lowest BCUT2D eigenvalue weighted by Gasteiger charge is -2.07. The topological polar surface area (TPSA) is 74.0 Å². The monoisotopic (exact) mass is 377 g/mol. The maximum Gasteiger partial charge on any atom is 0.276 e. The van der Waals surface area contributed by atoms with Crippen LogP contribution in [0.1, 0.15) is 23.1 Å². The van der Waals surface area contributed by atoms with Crippen LogP contribution >= 0.6 is 11.6 Å². The molecule has 2 aromatic heterocycles. The number of nitrogens with zero attached hydrogens (tertiary/aromatic N) is 4. The van der Waals surface area contributed by atoms with Crippen molar-refractivity contribution in [1.82, 2.24) is 19.6 Å². The molecule has 0 aliphatic rings. The molecule has 136 valence electrons. The highest BCUT2D eigenvalue weighted by molar-refractivity contribution is 6.30. The van der Waals surface area contributed by atoms with Gasteiger partial charge in [-0.3, -0.25) is 9.48 Å². The molecule has 1 N–H and O–H groups in total. The number of rotatable bonds is 6. The predicted molar refractivity (Wildman–Crippen MR) is 94.9 cm³/mol. The average Bonchev–Trinajstić information content (AvgIpc) is 3.23. The van der Waals surface area contributed by atoms with Crippen LogP contribution in [0, 0.1) is 12.7 Å². The number of ether oxygens (including phenoxy) is 1. The van der Waals surface area contributed by atoms with E-state index in [1.54, 1.807) is 23.1 Å². The zero-order chi connectivity index (χ0) is 18.7. The van der Waals surface area contributed by atoms with Crippen LogP contribution in [-0.4, -0.2) is 25.5 Å². The zero-order valence-electron chi connectivity index (χ0n) is 14.2. The summed E-state index contributed by atoms with van der Waals surface area (Å²) in [6.07, 6.45) is 3.22. The molecular formula is C17H17ClFN5O2. The average molecular weight is 378 g/mol. The highest BCUT2D eigenvalue weighted by atomic mass is 35.5. The number of hydrogen-bond acceptors (Lipinski definition) is 4. The number of benzene rings is 1. The first kappa shape index (κ1) is 17.9. The molecule has 1 amide bonds. The lowest BCUT2D eigenvalue weighted by molar-refractivity contribution is 0.102. The lowest BCUT2D eigenvalue weighted by atomic mass is 10.3. The second-order valence-electron chi connectivity index (χ2n) is 5.50. The Morgan fingerprint density at radius 1 is 1.38 bits per heavy atom. The third kappa shape index (κ3) is 3.85. The van der Waals surface area contributed by atoms with Crippen molar-refractivity contribution >= 4 is 23.2 Å². The van der Waals surface area contributed by atoms with Crippen LogP contribution in [0.2, 0.25) is 5.02 Å². The maximum absolute atomic E-state index is 13.1. The van der Waals surface area contributed by atoms with E-state index in [0.29, 0.717) is 11.4 Å². The van der Waals surface area contributed by atoms with Gasteiger partial charge in [0.2, 0.25) is 0 Å². The van der Waals surface area contributed by atoms with E-state index in [0.717, 1.165) is 12.2 Å². The predicted octanol–water partition coefficient (Wildman–Crippen LogP) is 3.49. The van der Waals surface area contributed by atoms with Crippen molar-refractivity contribution in [3.8, 4) is 5.75 Å². The summed E-state index contributed by atoms with van der Waals surface area (Å²) in [4.78, 5) is 12.3. The van der Waals surface area contributed by atoms with Gasteiger partial charge >= 0.3 is 0 Å². The molecule has 3 rings (SSSR count). The van der Waals surface area contributed by atoms with Gasteiger partial charge in [-0.05, 0) is 32.0 Å². The van der Waals surface area contributed by atoms with Crippen LogP contribution < -0.4 is 10.1 Å². The largest absolute Gasteiger partial charge is 0.471 e. The molecule has 0 spiro atoms. The van der Waals surface area contributed by atoms with E-state index in [2.05, 4.69) is 15.5 Å². The highest BCUT2D eigenvalue weighted by Crippen LogP contribution is 2.21. The number of halogens is 2. The fraction of sp³-hybridized carbons (Fsp3) is 0.235. The summed E-state index contributed by atoms with van der Waals surface area (Å²) < 4.78 is 21.9. The number of hydrogen-bond donors (Lipinski definition) is 1. The first-order valence-corrected chi connectivity index (χ1v) is 8.30. The Balaban J connectivity index is 1.62. The molecule has 3 aromatic rings. The van der Waals surface area contributed by atoms with Crippen LogP contribution in [0.15, 0.2) is 36.7 Å². The Kier molecular flexibility index (Phi) is 5.22. The minimum Gasteiger partial charge on any atom is -0.471 e. The van der Waals surface area contributed by atoms with Crippen molar-refractivity contribution < 1.29 is 13.9 Å². The lowest BCUT2D eigenvalue weighted by Crippen LogP contribution is -2.15. The van der Waals surface area contributed by atoms with E-state index in [1.165, 1.54) is 22.9 Å². The number of aryl methyl sites for hydroxylation is 1. The van der Waals surface area contributed by atoms with Crippen molar-refractivity contribution in [2.45, 2.75) is 27.1 Å². The van der Waals surface area contributed by atoms with E-state index < -0.39 is 5.82 Å². The number of anilines is 1. The summed E-state index contributed by atoms with van der Waals surface area (Å²) in [5, 5.41) is 11.1. The summed E-state index contributed by atoms with van der Waals surface area (Å²) in [6, 6.07) is 5.64. The molecule has 0 radical (unpaired) electrons. The molecule has 0 aliphatic heterocycles. The first-order chi connectivity index (χ1) is 12.5. The molecule has 0 bridgehead atoms. The van der Waals surface area contributed by atoms with Crippen LogP contribution in [0.4, 0.5) is 10.1 Å². The third-order valence-corrected chi connectivity index (χ3v) is 4.07. The molecule has 2 heterocycles. The summed E-state index contributed by atoms with van der Waals surface area (Å²) in [7, 11) is 0. The molecule has 0 atom stereocenters. The number of nitrogens with one attached hydrogen (secondary N) is 1. The Labute approximate surface area is 154 Å². The van der Waals surface area contributed by atoms with Crippen molar-refractivity contribution in [3.05, 3.63) is 58.9 Å². The van der Waals surface area contributed by atoms with Crippen molar-refractivity contribution in [2.24, 2.45) is 0 Å². The highest BCUT2D eigenvalue weighted by Gasteiger charge is 2.13. The van der Waals surface area contributed by atoms with E-state index in [-0.39, 0.29) is 23.4 Å². The normalized spacial score (nSPS) is 10.8. The summed E-state index contributed by atoms with van der Waals surface area (Å²) in [5.41, 5.74) is 1.76. The van der Waals surface area contributed by atoms with Gasteiger partial charge in [0.05, 0.1) is 22.6 Å². The zero-order valence-corrected chi connectivity index (χ0v) is 15.0. The van der Waals surface area contributed by atoms with E-state index in [1.807, 2.05) is 13.8 Å². The van der Waals surface area contributed by atoms with E-state index in [4.69, 9.17) is 16.3 Å². The third-order valence-electron chi connectivity index (χ3n) is 3.78. The molecule has 0 fully saturated rings. The summed E-state index contributed by atoms with van der Waals surface area (Å²) in [5.74, 6) is -0.452. The SMILES string of the molecule is CCn1ncc(NC(=O)c2ccn(COc3ccc(F)c(Cl)c3)n2)c1C. The minimum absolute atomic E-state index is 0.0222. The van der Waals surface area contributed by atoms with Crippen LogP contribution in [-0.2, 0) is 13.3 Å². The number of carbonyl (C=O) groups is 1. The Hall–Kier alpha value is -2.87. The second kappa shape index (κ2) is 7.57. The van der Waals surface area contributed by atoms with Crippen LogP contribution in [0.5, 0.6) is 5.75 Å². The van der Waals surface area contributed by atoms with E-state index in [9.17, 15) is 9.18 Å². The Morgan fingerprint density at radius 2 is 2.19 bits per heavy atom. The van der Waals surface area contributed by atoms with Gasteiger partial charge in [-0.15, -0.1) is 0 Å². The van der Waals surface area contributed by atoms with Gasteiger partial charge in [0.1, 0.15) is 11.6 Å². The Bertz CT molecular complexity index is 937. The molecule has 0 saturated heterocycles. The fourth-order valence-electron chi connectivity index (χ4n) is 2.34. The van der Waals surface area contributed by atoms with Gasteiger partial charge in [-0.1, -0.05) is 11.6 Å². The molecular weight excluding hydrogens is 361 g/mol. The standard InChI is InChI=1S/C17H17ClFN5O2/c1-3-24-11(2)16(9-20-24)21-17(25)15-6-7-23(22-15)10-26-12-4-5-14(19)13(18)8-12/h4-9H,3,10H2,1-2H3,(H,21,25). The van der Waals surface area contributed by atoms with Gasteiger partial charge in [0.25, 0.3) is 5.91 Å². The van der Waals surface area contributed by atoms with Crippen molar-refractivity contribution in [1.29, 1.82) is 0 Å². The first-order valence-electron chi connectivity index (χ1n) is 7.93. The van der Waals surface area contributed by atoms with E-state index >= 15 is 0 Å². The summed E-state index contributed by atoms with van der Waals surface area (Å²) >= 11 is 5.71. The maximum atomic E-state index is 13.1. The number of carbonyl (C=O) groups excluding carboxylic acids is 1.